The summed E-state index contributed by atoms with van der Waals surface area (Å²) in [6.45, 7) is 7.25. The van der Waals surface area contributed by atoms with Crippen molar-refractivity contribution >= 4 is 17.7 Å². The molecule has 4 nitrogen and oxygen atoms in total. The topological polar surface area (TPSA) is 53.4 Å². The minimum absolute atomic E-state index is 0.123. The molecule has 2 heterocycles. The number of carboxylic acids is 1. The molecule has 1 fully saturated rings. The Morgan fingerprint density at radius 2 is 2.33 bits per heavy atom. The zero-order chi connectivity index (χ0) is 13.2. The SMILES string of the molecule is CC1(C)CN(Cc2cccc(C(=O)O)n2)CCS1. The number of thioether (sulfide) groups is 1. The Hall–Kier alpha value is -1.07. The lowest BCUT2D eigenvalue weighted by atomic mass is 10.1. The van der Waals surface area contributed by atoms with E-state index >= 15 is 0 Å². The van der Waals surface area contributed by atoms with E-state index in [0.29, 0.717) is 0 Å². The van der Waals surface area contributed by atoms with Gasteiger partial charge in [-0.1, -0.05) is 6.07 Å². The van der Waals surface area contributed by atoms with E-state index in [2.05, 4.69) is 23.7 Å². The molecule has 1 aromatic heterocycles. The molecule has 1 saturated heterocycles. The Labute approximate surface area is 111 Å². The van der Waals surface area contributed by atoms with E-state index in [0.717, 1.165) is 31.1 Å². The van der Waals surface area contributed by atoms with Crippen LogP contribution < -0.4 is 0 Å². The number of hydrogen-bond donors (Lipinski definition) is 1. The fourth-order valence-electron chi connectivity index (χ4n) is 2.17. The van der Waals surface area contributed by atoms with Crippen molar-refractivity contribution in [3.05, 3.63) is 29.6 Å². The van der Waals surface area contributed by atoms with Crippen molar-refractivity contribution < 1.29 is 9.90 Å². The second kappa shape index (κ2) is 5.28. The summed E-state index contributed by atoms with van der Waals surface area (Å²) < 4.78 is 0.267. The monoisotopic (exact) mass is 266 g/mol. The molecular formula is C13H18N2O2S. The number of pyridine rings is 1. The molecule has 0 saturated carbocycles. The Morgan fingerprint density at radius 3 is 3.00 bits per heavy atom. The van der Waals surface area contributed by atoms with Gasteiger partial charge in [0, 0.05) is 30.1 Å². The summed E-state index contributed by atoms with van der Waals surface area (Å²) in [6, 6.07) is 5.18. The Bertz CT molecular complexity index is 448. The third-order valence-corrected chi connectivity index (χ3v) is 4.21. The number of aromatic nitrogens is 1. The first kappa shape index (κ1) is 13.4. The molecule has 98 valence electrons. The lowest BCUT2D eigenvalue weighted by Gasteiger charge is -2.37. The van der Waals surface area contributed by atoms with E-state index in [1.807, 2.05) is 17.8 Å². The van der Waals surface area contributed by atoms with Gasteiger partial charge < -0.3 is 5.11 Å². The molecule has 0 amide bonds. The summed E-state index contributed by atoms with van der Waals surface area (Å²) in [6.07, 6.45) is 0. The van der Waals surface area contributed by atoms with E-state index < -0.39 is 5.97 Å². The summed E-state index contributed by atoms with van der Waals surface area (Å²) in [7, 11) is 0. The van der Waals surface area contributed by atoms with Crippen molar-refractivity contribution in [2.24, 2.45) is 0 Å². The zero-order valence-electron chi connectivity index (χ0n) is 10.7. The van der Waals surface area contributed by atoms with Crippen LogP contribution in [-0.2, 0) is 6.54 Å². The fraction of sp³-hybridized carbons (Fsp3) is 0.538. The largest absolute Gasteiger partial charge is 0.477 e. The molecule has 5 heteroatoms. The second-order valence-electron chi connectivity index (χ2n) is 5.14. The van der Waals surface area contributed by atoms with Crippen molar-refractivity contribution in [2.45, 2.75) is 25.1 Å². The van der Waals surface area contributed by atoms with Crippen LogP contribution in [0.5, 0.6) is 0 Å². The molecule has 1 N–H and O–H groups in total. The second-order valence-corrected chi connectivity index (χ2v) is 6.94. The Kier molecular flexibility index (Phi) is 3.92. The highest BCUT2D eigenvalue weighted by Crippen LogP contribution is 2.29. The Balaban J connectivity index is 2.05. The van der Waals surface area contributed by atoms with Crippen LogP contribution in [0, 0.1) is 0 Å². The van der Waals surface area contributed by atoms with Crippen molar-refractivity contribution in [2.75, 3.05) is 18.8 Å². The maximum atomic E-state index is 10.9. The van der Waals surface area contributed by atoms with Crippen molar-refractivity contribution in [1.82, 2.24) is 9.88 Å². The summed E-state index contributed by atoms with van der Waals surface area (Å²) >= 11 is 1.99. The predicted molar refractivity (Wildman–Crippen MR) is 73.0 cm³/mol. The molecule has 0 bridgehead atoms. The van der Waals surface area contributed by atoms with E-state index in [1.54, 1.807) is 6.07 Å². The van der Waals surface area contributed by atoms with E-state index in [-0.39, 0.29) is 10.4 Å². The lowest BCUT2D eigenvalue weighted by Crippen LogP contribution is -2.42. The molecule has 0 spiro atoms. The van der Waals surface area contributed by atoms with Crippen LogP contribution in [0.4, 0.5) is 0 Å². The summed E-state index contributed by atoms with van der Waals surface area (Å²) in [5.74, 6) is 0.150. The molecule has 0 atom stereocenters. The van der Waals surface area contributed by atoms with E-state index in [4.69, 9.17) is 5.11 Å². The summed E-state index contributed by atoms with van der Waals surface area (Å²) in [4.78, 5) is 17.4. The van der Waals surface area contributed by atoms with Crippen LogP contribution >= 0.6 is 11.8 Å². The number of carboxylic acid groups (broad SMARTS) is 1. The number of carbonyl (C=O) groups is 1. The van der Waals surface area contributed by atoms with Gasteiger partial charge in [0.05, 0.1) is 5.69 Å². The molecule has 0 aliphatic carbocycles. The molecule has 18 heavy (non-hydrogen) atoms. The molecular weight excluding hydrogens is 248 g/mol. The molecule has 1 aromatic rings. The molecule has 2 rings (SSSR count). The van der Waals surface area contributed by atoms with Gasteiger partial charge in [-0.25, -0.2) is 9.78 Å². The van der Waals surface area contributed by atoms with Gasteiger partial charge >= 0.3 is 5.97 Å². The van der Waals surface area contributed by atoms with Crippen LogP contribution in [0.2, 0.25) is 0 Å². The summed E-state index contributed by atoms with van der Waals surface area (Å²) in [5, 5.41) is 8.92. The Morgan fingerprint density at radius 1 is 1.56 bits per heavy atom. The molecule has 0 radical (unpaired) electrons. The van der Waals surface area contributed by atoms with Crippen LogP contribution in [0.1, 0.15) is 30.0 Å². The van der Waals surface area contributed by atoms with Crippen LogP contribution in [0.15, 0.2) is 18.2 Å². The minimum Gasteiger partial charge on any atom is -0.477 e. The van der Waals surface area contributed by atoms with Gasteiger partial charge in [0.25, 0.3) is 0 Å². The predicted octanol–water partition coefficient (Wildman–Crippen LogP) is 2.11. The van der Waals surface area contributed by atoms with Gasteiger partial charge in [-0.3, -0.25) is 4.90 Å². The molecule has 0 aromatic carbocycles. The average Bonchev–Trinajstić information content (AvgIpc) is 2.28. The molecule has 0 unspecified atom stereocenters. The maximum Gasteiger partial charge on any atom is 0.354 e. The number of hydrogen-bond acceptors (Lipinski definition) is 4. The van der Waals surface area contributed by atoms with Gasteiger partial charge in [-0.15, -0.1) is 0 Å². The summed E-state index contributed by atoms with van der Waals surface area (Å²) in [5.41, 5.74) is 0.954. The van der Waals surface area contributed by atoms with E-state index in [1.165, 1.54) is 6.07 Å². The van der Waals surface area contributed by atoms with Gasteiger partial charge in [0.2, 0.25) is 0 Å². The maximum absolute atomic E-state index is 10.9. The molecule has 1 aliphatic heterocycles. The first-order valence-electron chi connectivity index (χ1n) is 6.02. The van der Waals surface area contributed by atoms with Crippen molar-refractivity contribution in [1.29, 1.82) is 0 Å². The highest BCUT2D eigenvalue weighted by atomic mass is 32.2. The van der Waals surface area contributed by atoms with Crippen molar-refractivity contribution in [3.63, 3.8) is 0 Å². The fourth-order valence-corrected chi connectivity index (χ4v) is 3.34. The lowest BCUT2D eigenvalue weighted by molar-refractivity contribution is 0.0690. The third-order valence-electron chi connectivity index (χ3n) is 2.92. The number of aromatic carboxylic acids is 1. The van der Waals surface area contributed by atoms with Crippen LogP contribution in [-0.4, -0.2) is 44.5 Å². The normalized spacial score (nSPS) is 19.7. The number of rotatable bonds is 3. The van der Waals surface area contributed by atoms with E-state index in [9.17, 15) is 4.79 Å². The number of nitrogens with zero attached hydrogens (tertiary/aromatic N) is 2. The molecule has 1 aliphatic rings. The zero-order valence-corrected chi connectivity index (χ0v) is 11.5. The first-order chi connectivity index (χ1) is 8.46. The van der Waals surface area contributed by atoms with Gasteiger partial charge in [0.1, 0.15) is 5.69 Å². The smallest absolute Gasteiger partial charge is 0.354 e. The minimum atomic E-state index is -0.966. The van der Waals surface area contributed by atoms with Crippen LogP contribution in [0.25, 0.3) is 0 Å². The van der Waals surface area contributed by atoms with Gasteiger partial charge in [-0.05, 0) is 26.0 Å². The van der Waals surface area contributed by atoms with Gasteiger partial charge in [-0.2, -0.15) is 11.8 Å². The average molecular weight is 266 g/mol. The highest BCUT2D eigenvalue weighted by molar-refractivity contribution is 8.00. The quantitative estimate of drug-likeness (QED) is 0.908. The van der Waals surface area contributed by atoms with Crippen LogP contribution in [0.3, 0.4) is 0 Å². The van der Waals surface area contributed by atoms with Gasteiger partial charge in [0.15, 0.2) is 0 Å². The first-order valence-corrected chi connectivity index (χ1v) is 7.00. The highest BCUT2D eigenvalue weighted by Gasteiger charge is 2.27. The standard InChI is InChI=1S/C13H18N2O2S/c1-13(2)9-15(6-7-18-13)8-10-4-3-5-11(14-10)12(16)17/h3-5H,6-9H2,1-2H3,(H,16,17). The third kappa shape index (κ3) is 3.46. The van der Waals surface area contributed by atoms with Crippen molar-refractivity contribution in [3.8, 4) is 0 Å².